The Hall–Kier alpha value is -1.06. The molecule has 2 rings (SSSR count). The number of nitrogens with two attached hydrogens (primary N) is 1. The third-order valence-corrected chi connectivity index (χ3v) is 2.65. The highest BCUT2D eigenvalue weighted by molar-refractivity contribution is 5.37. The van der Waals surface area contributed by atoms with Crippen molar-refractivity contribution < 1.29 is 4.74 Å². The predicted molar refractivity (Wildman–Crippen MR) is 56.2 cm³/mol. The summed E-state index contributed by atoms with van der Waals surface area (Å²) in [6, 6.07) is 6.28. The lowest BCUT2D eigenvalue weighted by molar-refractivity contribution is 0.292. The SMILES string of the molecule is COc1ccc2c(c1)CN(CCN)C2. The summed E-state index contributed by atoms with van der Waals surface area (Å²) in [6.45, 7) is 3.72. The molecule has 0 saturated carbocycles. The van der Waals surface area contributed by atoms with Gasteiger partial charge in [0.15, 0.2) is 0 Å². The minimum Gasteiger partial charge on any atom is -0.497 e. The van der Waals surface area contributed by atoms with Crippen molar-refractivity contribution in [3.05, 3.63) is 29.3 Å². The third kappa shape index (κ3) is 1.74. The van der Waals surface area contributed by atoms with E-state index in [-0.39, 0.29) is 0 Å². The molecule has 0 aromatic heterocycles. The Morgan fingerprint density at radius 2 is 2.14 bits per heavy atom. The van der Waals surface area contributed by atoms with Gasteiger partial charge in [0.2, 0.25) is 0 Å². The molecule has 0 aliphatic carbocycles. The Morgan fingerprint density at radius 3 is 2.86 bits per heavy atom. The number of methoxy groups -OCH3 is 1. The molecule has 0 bridgehead atoms. The maximum atomic E-state index is 5.53. The van der Waals surface area contributed by atoms with Gasteiger partial charge in [0, 0.05) is 26.2 Å². The van der Waals surface area contributed by atoms with Crippen LogP contribution in [-0.4, -0.2) is 25.1 Å². The number of fused-ring (bicyclic) bond motifs is 1. The van der Waals surface area contributed by atoms with E-state index in [0.29, 0.717) is 0 Å². The van der Waals surface area contributed by atoms with Gasteiger partial charge >= 0.3 is 0 Å². The fraction of sp³-hybridized carbons (Fsp3) is 0.455. The van der Waals surface area contributed by atoms with Gasteiger partial charge in [-0.05, 0) is 23.3 Å². The van der Waals surface area contributed by atoms with Crippen molar-refractivity contribution in [2.24, 2.45) is 5.73 Å². The molecular weight excluding hydrogens is 176 g/mol. The van der Waals surface area contributed by atoms with Crippen molar-refractivity contribution in [1.82, 2.24) is 4.90 Å². The topological polar surface area (TPSA) is 38.5 Å². The molecule has 3 nitrogen and oxygen atoms in total. The molecule has 14 heavy (non-hydrogen) atoms. The lowest BCUT2D eigenvalue weighted by Gasteiger charge is -2.11. The standard InChI is InChI=1S/C11H16N2O/c1-14-11-3-2-9-7-13(5-4-12)8-10(9)6-11/h2-3,6H,4-5,7-8,12H2,1H3. The Labute approximate surface area is 84.5 Å². The summed E-state index contributed by atoms with van der Waals surface area (Å²) in [7, 11) is 1.70. The van der Waals surface area contributed by atoms with Gasteiger partial charge < -0.3 is 10.5 Å². The van der Waals surface area contributed by atoms with Crippen molar-refractivity contribution in [2.45, 2.75) is 13.1 Å². The molecule has 1 aromatic rings. The Balaban J connectivity index is 2.14. The van der Waals surface area contributed by atoms with Crippen LogP contribution in [0.4, 0.5) is 0 Å². The van der Waals surface area contributed by atoms with Gasteiger partial charge in [-0.15, -0.1) is 0 Å². The summed E-state index contributed by atoms with van der Waals surface area (Å²) >= 11 is 0. The van der Waals surface area contributed by atoms with E-state index in [1.807, 2.05) is 6.07 Å². The molecule has 0 saturated heterocycles. The average Bonchev–Trinajstić information content (AvgIpc) is 2.59. The maximum Gasteiger partial charge on any atom is 0.119 e. The summed E-state index contributed by atoms with van der Waals surface area (Å²) in [5.74, 6) is 0.943. The van der Waals surface area contributed by atoms with E-state index in [0.717, 1.165) is 31.9 Å². The molecular formula is C11H16N2O. The molecule has 1 heterocycles. The molecule has 1 aliphatic rings. The highest BCUT2D eigenvalue weighted by atomic mass is 16.5. The van der Waals surface area contributed by atoms with Gasteiger partial charge in [0.25, 0.3) is 0 Å². The van der Waals surface area contributed by atoms with Gasteiger partial charge in [-0.2, -0.15) is 0 Å². The van der Waals surface area contributed by atoms with Gasteiger partial charge in [-0.1, -0.05) is 6.07 Å². The van der Waals surface area contributed by atoms with Crippen molar-refractivity contribution >= 4 is 0 Å². The van der Waals surface area contributed by atoms with E-state index in [2.05, 4.69) is 17.0 Å². The van der Waals surface area contributed by atoms with Crippen LogP contribution in [0.15, 0.2) is 18.2 Å². The maximum absolute atomic E-state index is 5.53. The van der Waals surface area contributed by atoms with Crippen LogP contribution in [0.1, 0.15) is 11.1 Å². The monoisotopic (exact) mass is 192 g/mol. The van der Waals surface area contributed by atoms with E-state index in [1.165, 1.54) is 11.1 Å². The van der Waals surface area contributed by atoms with Crippen LogP contribution in [0.25, 0.3) is 0 Å². The van der Waals surface area contributed by atoms with Gasteiger partial charge in [-0.3, -0.25) is 4.90 Å². The lowest BCUT2D eigenvalue weighted by Crippen LogP contribution is -2.23. The van der Waals surface area contributed by atoms with Crippen molar-refractivity contribution in [3.63, 3.8) is 0 Å². The zero-order valence-electron chi connectivity index (χ0n) is 8.49. The highest BCUT2D eigenvalue weighted by Crippen LogP contribution is 2.25. The molecule has 76 valence electrons. The van der Waals surface area contributed by atoms with Crippen molar-refractivity contribution in [1.29, 1.82) is 0 Å². The molecule has 0 fully saturated rings. The van der Waals surface area contributed by atoms with E-state index in [9.17, 15) is 0 Å². The number of rotatable bonds is 3. The van der Waals surface area contributed by atoms with E-state index in [1.54, 1.807) is 7.11 Å². The quantitative estimate of drug-likeness (QED) is 0.775. The first-order valence-corrected chi connectivity index (χ1v) is 4.91. The number of hydrogen-bond donors (Lipinski definition) is 1. The molecule has 2 N–H and O–H groups in total. The van der Waals surface area contributed by atoms with Crippen LogP contribution < -0.4 is 10.5 Å². The molecule has 3 heteroatoms. The van der Waals surface area contributed by atoms with Crippen LogP contribution in [0.5, 0.6) is 5.75 Å². The minimum absolute atomic E-state index is 0.727. The minimum atomic E-state index is 0.727. The van der Waals surface area contributed by atoms with Crippen molar-refractivity contribution in [2.75, 3.05) is 20.2 Å². The zero-order valence-corrected chi connectivity index (χ0v) is 8.49. The molecule has 1 aliphatic heterocycles. The first kappa shape index (κ1) is 9.49. The molecule has 0 radical (unpaired) electrons. The number of nitrogens with zero attached hydrogens (tertiary/aromatic N) is 1. The summed E-state index contributed by atoms with van der Waals surface area (Å²) in [5.41, 5.74) is 8.31. The van der Waals surface area contributed by atoms with E-state index >= 15 is 0 Å². The molecule has 0 spiro atoms. The Morgan fingerprint density at radius 1 is 1.36 bits per heavy atom. The molecule has 0 unspecified atom stereocenters. The summed E-state index contributed by atoms with van der Waals surface area (Å²) in [4.78, 5) is 2.35. The fourth-order valence-corrected chi connectivity index (χ4v) is 1.91. The molecule has 0 atom stereocenters. The van der Waals surface area contributed by atoms with Crippen LogP contribution in [-0.2, 0) is 13.1 Å². The summed E-state index contributed by atoms with van der Waals surface area (Å²) in [6.07, 6.45) is 0. The van der Waals surface area contributed by atoms with E-state index in [4.69, 9.17) is 10.5 Å². The Bertz CT molecular complexity index is 325. The predicted octanol–water partition coefficient (Wildman–Crippen LogP) is 0.969. The number of ether oxygens (including phenoxy) is 1. The molecule has 0 amide bonds. The number of benzene rings is 1. The second-order valence-corrected chi connectivity index (χ2v) is 3.63. The van der Waals surface area contributed by atoms with Crippen LogP contribution >= 0.6 is 0 Å². The van der Waals surface area contributed by atoms with Gasteiger partial charge in [-0.25, -0.2) is 0 Å². The normalized spacial score (nSPS) is 15.6. The van der Waals surface area contributed by atoms with Crippen LogP contribution in [0.3, 0.4) is 0 Å². The van der Waals surface area contributed by atoms with E-state index < -0.39 is 0 Å². The Kier molecular flexibility index (Phi) is 2.70. The third-order valence-electron chi connectivity index (χ3n) is 2.65. The second kappa shape index (κ2) is 3.98. The lowest BCUT2D eigenvalue weighted by atomic mass is 10.1. The second-order valence-electron chi connectivity index (χ2n) is 3.63. The first-order chi connectivity index (χ1) is 6.83. The smallest absolute Gasteiger partial charge is 0.119 e. The number of hydrogen-bond acceptors (Lipinski definition) is 3. The first-order valence-electron chi connectivity index (χ1n) is 4.91. The average molecular weight is 192 g/mol. The van der Waals surface area contributed by atoms with Crippen molar-refractivity contribution in [3.8, 4) is 5.75 Å². The summed E-state index contributed by atoms with van der Waals surface area (Å²) in [5, 5.41) is 0. The fourth-order valence-electron chi connectivity index (χ4n) is 1.91. The van der Waals surface area contributed by atoms with Crippen LogP contribution in [0.2, 0.25) is 0 Å². The van der Waals surface area contributed by atoms with Gasteiger partial charge in [0.05, 0.1) is 7.11 Å². The molecule has 1 aromatic carbocycles. The summed E-state index contributed by atoms with van der Waals surface area (Å²) < 4.78 is 5.19. The highest BCUT2D eigenvalue weighted by Gasteiger charge is 2.18. The van der Waals surface area contributed by atoms with Crippen LogP contribution in [0, 0.1) is 0 Å². The van der Waals surface area contributed by atoms with Gasteiger partial charge in [0.1, 0.15) is 5.75 Å². The zero-order chi connectivity index (χ0) is 9.97. The largest absolute Gasteiger partial charge is 0.497 e.